The average Bonchev–Trinajstić information content (AvgIpc) is 3.34. The van der Waals surface area contributed by atoms with E-state index < -0.39 is 23.2 Å². The van der Waals surface area contributed by atoms with E-state index in [2.05, 4.69) is 15.6 Å². The van der Waals surface area contributed by atoms with Crippen LogP contribution in [0.25, 0.3) is 0 Å². The van der Waals surface area contributed by atoms with Gasteiger partial charge in [0.2, 0.25) is 5.91 Å². The molecule has 1 fully saturated rings. The molecule has 0 radical (unpaired) electrons. The summed E-state index contributed by atoms with van der Waals surface area (Å²) in [6.07, 6.45) is -1.94. The molecule has 0 saturated heterocycles. The van der Waals surface area contributed by atoms with Crippen molar-refractivity contribution >= 4 is 17.6 Å². The fraction of sp³-hybridized carbons (Fsp3) is 0.278. The number of halogens is 3. The number of anilines is 1. The van der Waals surface area contributed by atoms with E-state index in [0.29, 0.717) is 18.4 Å². The van der Waals surface area contributed by atoms with Gasteiger partial charge in [-0.25, -0.2) is 4.98 Å². The third-order valence-electron chi connectivity index (χ3n) is 4.17. The molecule has 0 bridgehead atoms. The lowest BCUT2D eigenvalue weighted by Gasteiger charge is -2.19. The summed E-state index contributed by atoms with van der Waals surface area (Å²) in [5, 5.41) is 5.29. The minimum atomic E-state index is -4.44. The summed E-state index contributed by atoms with van der Waals surface area (Å²) in [6.45, 7) is 1.32. The van der Waals surface area contributed by atoms with Crippen LogP contribution in [-0.2, 0) is 16.5 Å². The van der Waals surface area contributed by atoms with Crippen LogP contribution in [-0.4, -0.2) is 16.8 Å². The number of amides is 2. The highest BCUT2D eigenvalue weighted by Gasteiger charge is 2.46. The van der Waals surface area contributed by atoms with E-state index >= 15 is 0 Å². The molecule has 3 rings (SSSR count). The van der Waals surface area contributed by atoms with Crippen LogP contribution >= 0.6 is 0 Å². The van der Waals surface area contributed by atoms with Crippen molar-refractivity contribution in [1.82, 2.24) is 10.3 Å². The van der Waals surface area contributed by atoms with E-state index in [1.165, 1.54) is 31.3 Å². The Balaban J connectivity index is 1.80. The first-order valence-electron chi connectivity index (χ1n) is 7.93. The Morgan fingerprint density at radius 1 is 1.15 bits per heavy atom. The minimum Gasteiger partial charge on any atom is -0.343 e. The second kappa shape index (κ2) is 6.44. The normalized spacial score (nSPS) is 15.2. The zero-order chi connectivity index (χ0) is 18.9. The summed E-state index contributed by atoms with van der Waals surface area (Å²) < 4.78 is 38.8. The van der Waals surface area contributed by atoms with E-state index in [9.17, 15) is 22.8 Å². The van der Waals surface area contributed by atoms with Crippen molar-refractivity contribution in [2.75, 3.05) is 5.32 Å². The van der Waals surface area contributed by atoms with Gasteiger partial charge in [-0.05, 0) is 42.7 Å². The topological polar surface area (TPSA) is 71.1 Å². The first-order valence-corrected chi connectivity index (χ1v) is 7.93. The van der Waals surface area contributed by atoms with Crippen molar-refractivity contribution < 1.29 is 22.8 Å². The minimum absolute atomic E-state index is 0.231. The number of nitrogens with one attached hydrogen (secondary N) is 2. The Hall–Kier alpha value is -2.90. The lowest BCUT2D eigenvalue weighted by Crippen LogP contribution is -2.35. The summed E-state index contributed by atoms with van der Waals surface area (Å²) in [5.74, 6) is -0.527. The van der Waals surface area contributed by atoms with Crippen molar-refractivity contribution in [2.24, 2.45) is 0 Å². The standard InChI is InChI=1S/C18H16F3N3O2/c1-11(25)23-15-9-12(5-8-22-15)16(26)24-17(6-7-17)13-3-2-4-14(10-13)18(19,20)21/h2-5,8-10H,6-7H2,1H3,(H,24,26)(H,22,23,25). The van der Waals surface area contributed by atoms with Crippen LogP contribution in [0.3, 0.4) is 0 Å². The van der Waals surface area contributed by atoms with Crippen molar-refractivity contribution in [2.45, 2.75) is 31.5 Å². The van der Waals surface area contributed by atoms with Gasteiger partial charge in [0, 0.05) is 18.7 Å². The van der Waals surface area contributed by atoms with Crippen LogP contribution in [0, 0.1) is 0 Å². The van der Waals surface area contributed by atoms with Gasteiger partial charge >= 0.3 is 6.18 Å². The van der Waals surface area contributed by atoms with Gasteiger partial charge in [0.05, 0.1) is 11.1 Å². The summed E-state index contributed by atoms with van der Waals surface area (Å²) >= 11 is 0. The lowest BCUT2D eigenvalue weighted by atomic mass is 10.0. The van der Waals surface area contributed by atoms with Gasteiger partial charge in [0.15, 0.2) is 0 Å². The number of benzene rings is 1. The number of aromatic nitrogens is 1. The van der Waals surface area contributed by atoms with Gasteiger partial charge in [0.25, 0.3) is 5.91 Å². The number of nitrogens with zero attached hydrogens (tertiary/aromatic N) is 1. The Kier molecular flexibility index (Phi) is 4.43. The van der Waals surface area contributed by atoms with E-state index in [4.69, 9.17) is 0 Å². The van der Waals surface area contributed by atoms with Gasteiger partial charge in [-0.3, -0.25) is 9.59 Å². The lowest BCUT2D eigenvalue weighted by molar-refractivity contribution is -0.137. The summed E-state index contributed by atoms with van der Waals surface area (Å²) in [6, 6.07) is 7.89. The second-order valence-corrected chi connectivity index (χ2v) is 6.23. The molecule has 1 heterocycles. The highest BCUT2D eigenvalue weighted by Crippen LogP contribution is 2.46. The van der Waals surface area contributed by atoms with Crippen molar-refractivity contribution in [3.05, 3.63) is 59.3 Å². The molecule has 8 heteroatoms. The molecule has 0 unspecified atom stereocenters. The molecule has 26 heavy (non-hydrogen) atoms. The predicted octanol–water partition coefficient (Wildman–Crippen LogP) is 3.48. The molecule has 0 aliphatic heterocycles. The maximum Gasteiger partial charge on any atom is 0.416 e. The molecule has 2 aromatic rings. The summed E-state index contributed by atoms with van der Waals surface area (Å²) in [4.78, 5) is 27.5. The Morgan fingerprint density at radius 2 is 1.88 bits per heavy atom. The van der Waals surface area contributed by atoms with Gasteiger partial charge < -0.3 is 10.6 Å². The van der Waals surface area contributed by atoms with Crippen molar-refractivity contribution in [3.8, 4) is 0 Å². The number of hydrogen-bond acceptors (Lipinski definition) is 3. The molecule has 1 aromatic carbocycles. The van der Waals surface area contributed by atoms with Gasteiger partial charge in [0.1, 0.15) is 5.82 Å². The number of alkyl halides is 3. The molecule has 1 aliphatic carbocycles. The fourth-order valence-corrected chi connectivity index (χ4v) is 2.71. The van der Waals surface area contributed by atoms with E-state index in [1.807, 2.05) is 0 Å². The van der Waals surface area contributed by atoms with Crippen LogP contribution in [0.2, 0.25) is 0 Å². The monoisotopic (exact) mass is 363 g/mol. The van der Waals surface area contributed by atoms with Crippen LogP contribution in [0.5, 0.6) is 0 Å². The summed E-state index contributed by atoms with van der Waals surface area (Å²) in [7, 11) is 0. The Morgan fingerprint density at radius 3 is 2.50 bits per heavy atom. The third kappa shape index (κ3) is 3.84. The molecule has 2 amide bonds. The number of carbonyl (C=O) groups excluding carboxylic acids is 2. The van der Waals surface area contributed by atoms with E-state index in [0.717, 1.165) is 12.1 Å². The van der Waals surface area contributed by atoms with Crippen LogP contribution in [0.4, 0.5) is 19.0 Å². The molecule has 1 aliphatic rings. The quantitative estimate of drug-likeness (QED) is 0.874. The SMILES string of the molecule is CC(=O)Nc1cc(C(=O)NC2(c3cccc(C(F)(F)F)c3)CC2)ccn1. The van der Waals surface area contributed by atoms with E-state index in [-0.39, 0.29) is 17.3 Å². The zero-order valence-electron chi connectivity index (χ0n) is 13.9. The van der Waals surface area contributed by atoms with Gasteiger partial charge in [-0.15, -0.1) is 0 Å². The smallest absolute Gasteiger partial charge is 0.343 e. The maximum absolute atomic E-state index is 12.9. The number of rotatable bonds is 4. The summed E-state index contributed by atoms with van der Waals surface area (Å²) in [5.41, 5.74) is -0.846. The molecule has 5 nitrogen and oxygen atoms in total. The van der Waals surface area contributed by atoms with E-state index in [1.54, 1.807) is 6.07 Å². The first kappa shape index (κ1) is 17.9. The highest BCUT2D eigenvalue weighted by atomic mass is 19.4. The molecule has 1 aromatic heterocycles. The molecule has 0 spiro atoms. The largest absolute Gasteiger partial charge is 0.416 e. The Labute approximate surface area is 147 Å². The number of pyridine rings is 1. The molecule has 0 atom stereocenters. The third-order valence-corrected chi connectivity index (χ3v) is 4.17. The number of carbonyl (C=O) groups is 2. The van der Waals surface area contributed by atoms with Crippen LogP contribution in [0.1, 0.15) is 41.3 Å². The van der Waals surface area contributed by atoms with Crippen LogP contribution in [0.15, 0.2) is 42.6 Å². The van der Waals surface area contributed by atoms with Crippen LogP contribution < -0.4 is 10.6 Å². The number of hydrogen-bond donors (Lipinski definition) is 2. The molecule has 2 N–H and O–H groups in total. The van der Waals surface area contributed by atoms with Crippen molar-refractivity contribution in [1.29, 1.82) is 0 Å². The zero-order valence-corrected chi connectivity index (χ0v) is 13.9. The first-order chi connectivity index (χ1) is 12.2. The average molecular weight is 363 g/mol. The van der Waals surface area contributed by atoms with Gasteiger partial charge in [-0.2, -0.15) is 13.2 Å². The fourth-order valence-electron chi connectivity index (χ4n) is 2.71. The molecule has 1 saturated carbocycles. The Bertz CT molecular complexity index is 861. The van der Waals surface area contributed by atoms with Gasteiger partial charge in [-0.1, -0.05) is 12.1 Å². The predicted molar refractivity (Wildman–Crippen MR) is 88.4 cm³/mol. The highest BCUT2D eigenvalue weighted by molar-refractivity contribution is 5.96. The van der Waals surface area contributed by atoms with Crippen molar-refractivity contribution in [3.63, 3.8) is 0 Å². The molecule has 136 valence electrons. The maximum atomic E-state index is 12.9. The molecular weight excluding hydrogens is 347 g/mol. The second-order valence-electron chi connectivity index (χ2n) is 6.23. The molecular formula is C18H16F3N3O2.